The van der Waals surface area contributed by atoms with Crippen molar-refractivity contribution in [1.82, 2.24) is 9.55 Å². The molecule has 0 N–H and O–H groups in total. The molecule has 0 bridgehead atoms. The summed E-state index contributed by atoms with van der Waals surface area (Å²) in [4.78, 5) is 4.69. The first kappa shape index (κ1) is 15.8. The van der Waals surface area contributed by atoms with Gasteiger partial charge in [0.2, 0.25) is 0 Å². The quantitative estimate of drug-likeness (QED) is 0.602. The lowest BCUT2D eigenvalue weighted by molar-refractivity contribution is 0.628. The first-order chi connectivity index (χ1) is 11.1. The zero-order valence-corrected chi connectivity index (χ0v) is 14.5. The first-order valence-corrected chi connectivity index (χ1v) is 8.32. The third-order valence-corrected chi connectivity index (χ3v) is 4.31. The van der Waals surface area contributed by atoms with Crippen LogP contribution in [-0.4, -0.2) is 9.55 Å². The Bertz CT molecular complexity index is 804. The van der Waals surface area contributed by atoms with Crippen molar-refractivity contribution in [1.29, 1.82) is 0 Å². The number of hydrogen-bond donors (Lipinski definition) is 0. The maximum absolute atomic E-state index is 6.35. The molecule has 1 heterocycles. The first-order valence-electron chi connectivity index (χ1n) is 7.95. The van der Waals surface area contributed by atoms with Gasteiger partial charge in [0, 0.05) is 28.2 Å². The molecule has 118 valence electrons. The Morgan fingerprint density at radius 3 is 2.48 bits per heavy atom. The monoisotopic (exact) mass is 324 g/mol. The minimum Gasteiger partial charge on any atom is -0.297 e. The van der Waals surface area contributed by atoms with Crippen LogP contribution in [-0.2, 0) is 6.42 Å². The van der Waals surface area contributed by atoms with Gasteiger partial charge < -0.3 is 0 Å². The second-order valence-corrected chi connectivity index (χ2v) is 6.71. The highest BCUT2D eigenvalue weighted by atomic mass is 35.5. The standard InChI is InChI=1S/C20H21ClN2/c1-14(2)11-18-13-22-20(16-7-5-4-6-8-16)23(18)17-10-9-15(3)19(21)12-17/h4-10,12-14H,11H2,1-3H3. The number of nitrogens with zero attached hydrogens (tertiary/aromatic N) is 2. The molecule has 3 heteroatoms. The minimum atomic E-state index is 0.565. The summed E-state index contributed by atoms with van der Waals surface area (Å²) < 4.78 is 2.22. The maximum Gasteiger partial charge on any atom is 0.144 e. The van der Waals surface area contributed by atoms with E-state index >= 15 is 0 Å². The van der Waals surface area contributed by atoms with Crippen molar-refractivity contribution < 1.29 is 0 Å². The molecule has 0 amide bonds. The van der Waals surface area contributed by atoms with Crippen molar-refractivity contribution in [3.05, 3.63) is 71.0 Å². The Morgan fingerprint density at radius 1 is 1.09 bits per heavy atom. The van der Waals surface area contributed by atoms with Gasteiger partial charge in [-0.1, -0.05) is 61.8 Å². The van der Waals surface area contributed by atoms with Crippen molar-refractivity contribution in [2.24, 2.45) is 5.92 Å². The van der Waals surface area contributed by atoms with Gasteiger partial charge >= 0.3 is 0 Å². The number of imidazole rings is 1. The molecule has 0 aliphatic rings. The van der Waals surface area contributed by atoms with Gasteiger partial charge in [-0.2, -0.15) is 0 Å². The Kier molecular flexibility index (Phi) is 4.53. The fraction of sp³-hybridized carbons (Fsp3) is 0.250. The number of aromatic nitrogens is 2. The molecular formula is C20H21ClN2. The molecule has 0 aliphatic carbocycles. The van der Waals surface area contributed by atoms with E-state index in [0.717, 1.165) is 34.1 Å². The Balaban J connectivity index is 2.18. The van der Waals surface area contributed by atoms with Gasteiger partial charge in [-0.25, -0.2) is 4.98 Å². The van der Waals surface area contributed by atoms with E-state index < -0.39 is 0 Å². The summed E-state index contributed by atoms with van der Waals surface area (Å²) in [6.45, 7) is 6.47. The summed E-state index contributed by atoms with van der Waals surface area (Å²) in [5, 5.41) is 0.783. The summed E-state index contributed by atoms with van der Waals surface area (Å²) in [7, 11) is 0. The van der Waals surface area contributed by atoms with Crippen molar-refractivity contribution >= 4 is 11.6 Å². The third-order valence-electron chi connectivity index (χ3n) is 3.90. The SMILES string of the molecule is Cc1ccc(-n2c(CC(C)C)cnc2-c2ccccc2)cc1Cl. The molecule has 0 aliphatic heterocycles. The molecular weight excluding hydrogens is 304 g/mol. The molecule has 3 aromatic rings. The second-order valence-electron chi connectivity index (χ2n) is 6.31. The van der Waals surface area contributed by atoms with Crippen LogP contribution in [0.25, 0.3) is 17.1 Å². The van der Waals surface area contributed by atoms with Crippen LogP contribution in [0.2, 0.25) is 5.02 Å². The topological polar surface area (TPSA) is 17.8 Å². The number of hydrogen-bond acceptors (Lipinski definition) is 1. The minimum absolute atomic E-state index is 0.565. The molecule has 1 aromatic heterocycles. The number of halogens is 1. The van der Waals surface area contributed by atoms with Crippen LogP contribution in [0.5, 0.6) is 0 Å². The molecule has 0 unspecified atom stereocenters. The molecule has 0 saturated heterocycles. The van der Waals surface area contributed by atoms with E-state index in [0.29, 0.717) is 5.92 Å². The van der Waals surface area contributed by atoms with Crippen LogP contribution in [0.1, 0.15) is 25.1 Å². The lowest BCUT2D eigenvalue weighted by Gasteiger charge is -2.14. The highest BCUT2D eigenvalue weighted by molar-refractivity contribution is 6.31. The smallest absolute Gasteiger partial charge is 0.144 e. The van der Waals surface area contributed by atoms with E-state index in [9.17, 15) is 0 Å². The van der Waals surface area contributed by atoms with Crippen LogP contribution in [0.3, 0.4) is 0 Å². The van der Waals surface area contributed by atoms with Crippen LogP contribution >= 0.6 is 11.6 Å². The summed E-state index contributed by atoms with van der Waals surface area (Å²) in [5.41, 5.74) is 4.47. The second kappa shape index (κ2) is 6.59. The highest BCUT2D eigenvalue weighted by Crippen LogP contribution is 2.28. The molecule has 3 rings (SSSR count). The summed E-state index contributed by atoms with van der Waals surface area (Å²) >= 11 is 6.35. The predicted octanol–water partition coefficient (Wildman–Crippen LogP) is 5.70. The molecule has 0 fully saturated rings. The van der Waals surface area contributed by atoms with Crippen LogP contribution in [0.4, 0.5) is 0 Å². The van der Waals surface area contributed by atoms with E-state index in [1.54, 1.807) is 0 Å². The van der Waals surface area contributed by atoms with Gasteiger partial charge in [-0.15, -0.1) is 0 Å². The summed E-state index contributed by atoms with van der Waals surface area (Å²) in [6, 6.07) is 16.5. The van der Waals surface area contributed by atoms with E-state index in [4.69, 9.17) is 11.6 Å². The lowest BCUT2D eigenvalue weighted by atomic mass is 10.1. The molecule has 2 nitrogen and oxygen atoms in total. The van der Waals surface area contributed by atoms with Crippen molar-refractivity contribution in [3.8, 4) is 17.1 Å². The van der Waals surface area contributed by atoms with Crippen LogP contribution in [0, 0.1) is 12.8 Å². The summed E-state index contributed by atoms with van der Waals surface area (Å²) in [5.74, 6) is 1.52. The number of rotatable bonds is 4. The average molecular weight is 325 g/mol. The van der Waals surface area contributed by atoms with Gasteiger partial charge in [0.1, 0.15) is 5.82 Å². The van der Waals surface area contributed by atoms with Crippen molar-refractivity contribution in [3.63, 3.8) is 0 Å². The van der Waals surface area contributed by atoms with Gasteiger partial charge in [0.05, 0.1) is 0 Å². The van der Waals surface area contributed by atoms with Gasteiger partial charge in [0.25, 0.3) is 0 Å². The van der Waals surface area contributed by atoms with Crippen LogP contribution < -0.4 is 0 Å². The lowest BCUT2D eigenvalue weighted by Crippen LogP contribution is -2.05. The molecule has 0 atom stereocenters. The number of aryl methyl sites for hydroxylation is 1. The van der Waals surface area contributed by atoms with E-state index in [1.165, 1.54) is 5.69 Å². The zero-order chi connectivity index (χ0) is 16.4. The molecule has 2 aromatic carbocycles. The molecule has 0 saturated carbocycles. The molecule has 0 spiro atoms. The predicted molar refractivity (Wildman–Crippen MR) is 97.3 cm³/mol. The van der Waals surface area contributed by atoms with Gasteiger partial charge in [0.15, 0.2) is 0 Å². The Morgan fingerprint density at radius 2 is 1.83 bits per heavy atom. The average Bonchev–Trinajstić information content (AvgIpc) is 2.94. The fourth-order valence-electron chi connectivity index (χ4n) is 2.75. The van der Waals surface area contributed by atoms with Gasteiger partial charge in [-0.3, -0.25) is 4.57 Å². The van der Waals surface area contributed by atoms with E-state index in [2.05, 4.69) is 47.7 Å². The fourth-order valence-corrected chi connectivity index (χ4v) is 2.92. The van der Waals surface area contributed by atoms with Crippen molar-refractivity contribution in [2.75, 3.05) is 0 Å². The van der Waals surface area contributed by atoms with Gasteiger partial charge in [-0.05, 0) is 37.0 Å². The molecule has 23 heavy (non-hydrogen) atoms. The Labute approximate surface area is 142 Å². The van der Waals surface area contributed by atoms with Crippen LogP contribution in [0.15, 0.2) is 54.7 Å². The van der Waals surface area contributed by atoms with E-state index in [-0.39, 0.29) is 0 Å². The highest BCUT2D eigenvalue weighted by Gasteiger charge is 2.15. The van der Waals surface area contributed by atoms with Crippen molar-refractivity contribution in [2.45, 2.75) is 27.2 Å². The Hall–Kier alpha value is -2.06. The third kappa shape index (κ3) is 3.32. The maximum atomic E-state index is 6.35. The molecule has 0 radical (unpaired) electrons. The zero-order valence-electron chi connectivity index (χ0n) is 13.8. The normalized spacial score (nSPS) is 11.2. The van der Waals surface area contributed by atoms with E-state index in [1.807, 2.05) is 37.4 Å². The number of benzene rings is 2. The summed E-state index contributed by atoms with van der Waals surface area (Å²) in [6.07, 6.45) is 2.96. The largest absolute Gasteiger partial charge is 0.297 e.